The van der Waals surface area contributed by atoms with Crippen molar-refractivity contribution in [2.24, 2.45) is 11.7 Å². The van der Waals surface area contributed by atoms with E-state index in [0.29, 0.717) is 124 Å². The van der Waals surface area contributed by atoms with E-state index in [-0.39, 0.29) is 87.2 Å². The molecule has 0 spiro atoms. The number of nitrogens with two attached hydrogens (primary N) is 1. The number of hydrogen-bond acceptors (Lipinski definition) is 17. The maximum Gasteiger partial charge on any atom is 0.246 e. The summed E-state index contributed by atoms with van der Waals surface area (Å²) >= 11 is 0. The Balaban J connectivity index is 0. The molecule has 0 fully saturated rings. The van der Waals surface area contributed by atoms with Gasteiger partial charge in [-0.1, -0.05) is 18.6 Å². The first-order valence-corrected chi connectivity index (χ1v) is 22.5. The Hall–Kier alpha value is -3.77. The predicted molar refractivity (Wildman–Crippen MR) is 243 cm³/mol. The third kappa shape index (κ3) is 51.1. The van der Waals surface area contributed by atoms with Crippen molar-refractivity contribution < 1.29 is 71.5 Å². The Labute approximate surface area is 386 Å². The van der Waals surface area contributed by atoms with Crippen LogP contribution in [0.2, 0.25) is 0 Å². The van der Waals surface area contributed by atoms with Crippen LogP contribution in [0.4, 0.5) is 0 Å². The van der Waals surface area contributed by atoms with Gasteiger partial charge in [0.2, 0.25) is 23.6 Å². The van der Waals surface area contributed by atoms with Gasteiger partial charge in [-0.25, -0.2) is 0 Å². The molecule has 21 nitrogen and oxygen atoms in total. The van der Waals surface area contributed by atoms with Crippen LogP contribution in [0.25, 0.3) is 0 Å². The fraction of sp³-hybridized carbons (Fsp3) is 0.795. The summed E-state index contributed by atoms with van der Waals surface area (Å²) in [5.41, 5.74) is 6.25. The van der Waals surface area contributed by atoms with E-state index >= 15 is 0 Å². The summed E-state index contributed by atoms with van der Waals surface area (Å²) in [5, 5.41) is 13.8. The van der Waals surface area contributed by atoms with Crippen molar-refractivity contribution in [2.75, 3.05) is 152 Å². The zero-order chi connectivity index (χ0) is 48.6. The molecule has 21 heteroatoms. The van der Waals surface area contributed by atoms with Crippen LogP contribution in [0.5, 0.6) is 0 Å². The molecule has 0 aromatic carbocycles. The van der Waals surface area contributed by atoms with Crippen molar-refractivity contribution in [1.82, 2.24) is 26.6 Å². The fourth-order valence-corrected chi connectivity index (χ4v) is 5.08. The Kier molecular flexibility index (Phi) is 46.9. The van der Waals surface area contributed by atoms with Gasteiger partial charge in [-0.15, -0.1) is 0 Å². The molecule has 0 aromatic heterocycles. The highest BCUT2D eigenvalue weighted by Crippen LogP contribution is 2.22. The number of hydrogen-bond donors (Lipinski definition) is 6. The lowest BCUT2D eigenvalue weighted by atomic mass is 9.90. The van der Waals surface area contributed by atoms with Gasteiger partial charge in [0.1, 0.15) is 38.0 Å². The van der Waals surface area contributed by atoms with Gasteiger partial charge in [0.15, 0.2) is 5.78 Å². The second kappa shape index (κ2) is 48.2. The smallest absolute Gasteiger partial charge is 0.246 e. The number of unbranched alkanes of at least 4 members (excludes halogenated alkanes) is 1. The van der Waals surface area contributed by atoms with Gasteiger partial charge < -0.3 is 79.8 Å². The molecular weight excluding hydrogens is 853 g/mol. The van der Waals surface area contributed by atoms with Crippen molar-refractivity contribution in [3.05, 3.63) is 12.2 Å². The third-order valence-electron chi connectivity index (χ3n) is 8.66. The molecule has 1 atom stereocenters. The standard InChI is InChI=1S/C25H47N3O7.C19H35N3O8/c1-21(2)23(9-8-22(3)29)7-5-6-10-27-24(30)19-34-18-16-33-14-12-28-25(31)20-35-17-15-32-13-11-26-4;1-16(23)3-2-4-18(25)21-5-7-27-10-12-30-15-19(26)22-6-8-28-9-11-29-14-17(24)13-20/h23,26H,1,5-20H2,2-4H3,(H,27,30)(H,28,31);2-15,20H2,1H3,(H,21,25)(H,22,26)/t23-;/m1./s1. The summed E-state index contributed by atoms with van der Waals surface area (Å²) in [6.07, 6.45) is 5.55. The van der Waals surface area contributed by atoms with Crippen molar-refractivity contribution >= 4 is 41.0 Å². The number of carbonyl (C=O) groups excluding carboxylic acids is 7. The van der Waals surface area contributed by atoms with E-state index in [1.807, 2.05) is 14.0 Å². The Morgan fingerprint density at radius 3 is 1.26 bits per heavy atom. The summed E-state index contributed by atoms with van der Waals surface area (Å²) in [4.78, 5) is 79.3. The second-order valence-corrected chi connectivity index (χ2v) is 14.7. The quantitative estimate of drug-likeness (QED) is 0.0341. The number of carbonyl (C=O) groups is 7. The average molecular weight is 935 g/mol. The molecule has 4 amide bonds. The molecule has 0 heterocycles. The molecule has 0 saturated carbocycles. The van der Waals surface area contributed by atoms with Gasteiger partial charge in [0, 0.05) is 52.0 Å². The Morgan fingerprint density at radius 2 is 0.846 bits per heavy atom. The van der Waals surface area contributed by atoms with Crippen molar-refractivity contribution in [3.8, 4) is 0 Å². The van der Waals surface area contributed by atoms with Crippen molar-refractivity contribution in [1.29, 1.82) is 0 Å². The molecule has 0 aliphatic heterocycles. The number of likely N-dealkylation sites (N-methyl/N-ethyl adjacent to an activating group) is 1. The third-order valence-corrected chi connectivity index (χ3v) is 8.66. The molecule has 0 bridgehead atoms. The van der Waals surface area contributed by atoms with E-state index < -0.39 is 0 Å². The van der Waals surface area contributed by atoms with Gasteiger partial charge in [0.05, 0.1) is 85.8 Å². The van der Waals surface area contributed by atoms with E-state index in [0.717, 1.165) is 37.8 Å². The lowest BCUT2D eigenvalue weighted by Gasteiger charge is -2.16. The van der Waals surface area contributed by atoms with E-state index in [1.165, 1.54) is 6.92 Å². The van der Waals surface area contributed by atoms with Crippen LogP contribution in [0.1, 0.15) is 72.1 Å². The summed E-state index contributed by atoms with van der Waals surface area (Å²) in [5.74, 6) is -0.255. The van der Waals surface area contributed by atoms with Crippen LogP contribution < -0.4 is 32.3 Å². The number of amides is 4. The van der Waals surface area contributed by atoms with Crippen LogP contribution in [0.15, 0.2) is 12.2 Å². The summed E-state index contributed by atoms with van der Waals surface area (Å²) in [6.45, 7) is 15.7. The average Bonchev–Trinajstić information content (AvgIpc) is 3.26. The number of nitrogens with one attached hydrogen (secondary N) is 5. The molecular formula is C44H82N6O15. The first-order chi connectivity index (χ1) is 31.3. The van der Waals surface area contributed by atoms with Crippen LogP contribution in [-0.4, -0.2) is 193 Å². The van der Waals surface area contributed by atoms with Gasteiger partial charge in [-0.05, 0) is 59.4 Å². The number of allylic oxidation sites excluding steroid dienone is 1. The van der Waals surface area contributed by atoms with Gasteiger partial charge in [-0.2, -0.15) is 0 Å². The van der Waals surface area contributed by atoms with E-state index in [4.69, 9.17) is 43.6 Å². The maximum atomic E-state index is 11.8. The van der Waals surface area contributed by atoms with Crippen molar-refractivity contribution in [2.45, 2.75) is 72.1 Å². The topological polar surface area (TPSA) is 279 Å². The SMILES string of the molecule is C=C(C)[C@H](CCCCNC(=O)COCCOCCNC(=O)COCCOCCNC)CCC(C)=O.CC(=O)CCCC(=O)NCCOCCOCC(=O)NCCOCCOCC(=O)CN. The van der Waals surface area contributed by atoms with Crippen LogP contribution in [0, 0.1) is 5.92 Å². The van der Waals surface area contributed by atoms with E-state index in [2.05, 4.69) is 33.2 Å². The largest absolute Gasteiger partial charge is 0.378 e. The summed E-state index contributed by atoms with van der Waals surface area (Å²) < 4.78 is 41.9. The lowest BCUT2D eigenvalue weighted by molar-refractivity contribution is -0.127. The molecule has 0 aliphatic carbocycles. The molecule has 0 unspecified atom stereocenters. The predicted octanol–water partition coefficient (Wildman–Crippen LogP) is -0.191. The van der Waals surface area contributed by atoms with Gasteiger partial charge in [0.25, 0.3) is 0 Å². The first-order valence-electron chi connectivity index (χ1n) is 22.5. The Morgan fingerprint density at radius 1 is 0.446 bits per heavy atom. The second-order valence-electron chi connectivity index (χ2n) is 14.7. The van der Waals surface area contributed by atoms with Gasteiger partial charge in [-0.3, -0.25) is 24.0 Å². The van der Waals surface area contributed by atoms with Gasteiger partial charge >= 0.3 is 0 Å². The molecule has 0 saturated heterocycles. The Bertz CT molecular complexity index is 1280. The number of rotatable bonds is 46. The minimum absolute atomic E-state index is 0.0108. The lowest BCUT2D eigenvalue weighted by Crippen LogP contribution is -2.31. The number of ketones is 3. The molecule has 0 radical (unpaired) electrons. The van der Waals surface area contributed by atoms with Crippen molar-refractivity contribution in [3.63, 3.8) is 0 Å². The fourth-order valence-electron chi connectivity index (χ4n) is 5.08. The van der Waals surface area contributed by atoms with Crippen LogP contribution >= 0.6 is 0 Å². The van der Waals surface area contributed by atoms with Crippen LogP contribution in [0.3, 0.4) is 0 Å². The summed E-state index contributed by atoms with van der Waals surface area (Å²) in [7, 11) is 1.85. The zero-order valence-electron chi connectivity index (χ0n) is 39.7. The molecule has 7 N–H and O–H groups in total. The molecule has 0 rings (SSSR count). The minimum atomic E-state index is -0.263. The highest BCUT2D eigenvalue weighted by Gasteiger charge is 2.11. The minimum Gasteiger partial charge on any atom is -0.378 e. The first kappa shape index (κ1) is 63.3. The molecule has 0 aromatic rings. The molecule has 65 heavy (non-hydrogen) atoms. The van der Waals surface area contributed by atoms with Crippen LogP contribution in [-0.2, 0) is 71.5 Å². The maximum absolute atomic E-state index is 11.8. The number of Topliss-reactive ketones (excluding diaryl/α,β-unsaturated/α-hetero) is 3. The zero-order valence-corrected chi connectivity index (χ0v) is 39.7. The highest BCUT2D eigenvalue weighted by molar-refractivity contribution is 5.81. The van der Waals surface area contributed by atoms with E-state index in [9.17, 15) is 33.6 Å². The van der Waals surface area contributed by atoms with E-state index in [1.54, 1.807) is 6.92 Å². The molecule has 0 aliphatic rings. The normalized spacial score (nSPS) is 11.2. The number of ether oxygens (including phenoxy) is 8. The summed E-state index contributed by atoms with van der Waals surface area (Å²) in [6, 6.07) is 0. The highest BCUT2D eigenvalue weighted by atomic mass is 16.5. The molecule has 378 valence electrons. The monoisotopic (exact) mass is 935 g/mol.